The second kappa shape index (κ2) is 16.4. The SMILES string of the molecule is Cc1ccccc1N(c1cccc(-c2ccccc2)c1)c1ccc2cc3c(cc2c1)oc1c(C)c2oc4cc5cc(N(c6ccccc6C)c6cc(-c7ccccc7)ccc6C)ccc5cc4c2cc13. The summed E-state index contributed by atoms with van der Waals surface area (Å²) >= 11 is 0. The average Bonchev–Trinajstić information content (AvgIpc) is 3.94. The van der Waals surface area contributed by atoms with Gasteiger partial charge < -0.3 is 18.6 Å². The summed E-state index contributed by atoms with van der Waals surface area (Å²) in [4.78, 5) is 4.77. The lowest BCUT2D eigenvalue weighted by molar-refractivity contribution is 0.651. The fourth-order valence-corrected chi connectivity index (χ4v) is 10.6. The maximum Gasteiger partial charge on any atom is 0.142 e. The van der Waals surface area contributed by atoms with Crippen LogP contribution in [0.2, 0.25) is 0 Å². The minimum absolute atomic E-state index is 0.852. The van der Waals surface area contributed by atoms with E-state index in [9.17, 15) is 0 Å². The van der Waals surface area contributed by atoms with Crippen LogP contribution in [-0.2, 0) is 0 Å². The zero-order chi connectivity index (χ0) is 47.0. The lowest BCUT2D eigenvalue weighted by atomic mass is 9.99. The highest BCUT2D eigenvalue weighted by Gasteiger charge is 2.22. The van der Waals surface area contributed by atoms with Crippen molar-refractivity contribution in [3.8, 4) is 22.3 Å². The van der Waals surface area contributed by atoms with Gasteiger partial charge in [0.1, 0.15) is 22.3 Å². The fourth-order valence-electron chi connectivity index (χ4n) is 10.6. The number of furan rings is 2. The number of rotatable bonds is 8. The molecule has 70 heavy (non-hydrogen) atoms. The van der Waals surface area contributed by atoms with Gasteiger partial charge in [-0.3, -0.25) is 0 Å². The zero-order valence-electron chi connectivity index (χ0n) is 39.5. The molecule has 0 aliphatic rings. The largest absolute Gasteiger partial charge is 0.456 e. The van der Waals surface area contributed by atoms with Crippen LogP contribution in [0.4, 0.5) is 34.1 Å². The summed E-state index contributed by atoms with van der Waals surface area (Å²) in [7, 11) is 0. The maximum atomic E-state index is 6.84. The molecule has 11 aromatic carbocycles. The first-order valence-corrected chi connectivity index (χ1v) is 24.1. The highest BCUT2D eigenvalue weighted by atomic mass is 16.3. The zero-order valence-corrected chi connectivity index (χ0v) is 39.5. The van der Waals surface area contributed by atoms with Crippen molar-refractivity contribution in [1.29, 1.82) is 0 Å². The van der Waals surface area contributed by atoms with Gasteiger partial charge in [0.25, 0.3) is 0 Å². The predicted molar refractivity (Wildman–Crippen MR) is 295 cm³/mol. The predicted octanol–water partition coefficient (Wildman–Crippen LogP) is 19.3. The number of benzene rings is 11. The third-order valence-electron chi connectivity index (χ3n) is 14.3. The second-order valence-corrected chi connectivity index (χ2v) is 18.7. The van der Waals surface area contributed by atoms with E-state index in [1.807, 2.05) is 0 Å². The molecule has 0 atom stereocenters. The first-order valence-electron chi connectivity index (χ1n) is 24.1. The lowest BCUT2D eigenvalue weighted by Gasteiger charge is -2.29. The molecule has 0 radical (unpaired) electrons. The number of hydrogen-bond acceptors (Lipinski definition) is 4. The molecule has 13 aromatic rings. The summed E-state index contributed by atoms with van der Waals surface area (Å²) in [6.45, 7) is 8.69. The molecule has 4 heteroatoms. The van der Waals surface area contributed by atoms with Gasteiger partial charge in [-0.25, -0.2) is 0 Å². The Morgan fingerprint density at radius 3 is 1.33 bits per heavy atom. The van der Waals surface area contributed by atoms with Crippen LogP contribution >= 0.6 is 0 Å². The Morgan fingerprint density at radius 1 is 0.286 bits per heavy atom. The molecule has 0 N–H and O–H groups in total. The molecular weight excluding hydrogens is 853 g/mol. The molecule has 13 rings (SSSR count). The summed E-state index contributed by atoms with van der Waals surface area (Å²) < 4.78 is 13.7. The van der Waals surface area contributed by atoms with Crippen molar-refractivity contribution in [2.45, 2.75) is 27.7 Å². The first-order chi connectivity index (χ1) is 34.3. The van der Waals surface area contributed by atoms with Crippen molar-refractivity contribution in [2.75, 3.05) is 9.80 Å². The van der Waals surface area contributed by atoms with Gasteiger partial charge in [-0.2, -0.15) is 0 Å². The summed E-state index contributed by atoms with van der Waals surface area (Å²) in [5.41, 5.74) is 19.5. The number of aryl methyl sites for hydroxylation is 4. The summed E-state index contributed by atoms with van der Waals surface area (Å²) in [5.74, 6) is 0. The van der Waals surface area contributed by atoms with Crippen molar-refractivity contribution >= 4 is 99.5 Å². The van der Waals surface area contributed by atoms with Crippen molar-refractivity contribution in [3.63, 3.8) is 0 Å². The molecule has 0 aliphatic heterocycles. The van der Waals surface area contributed by atoms with Crippen molar-refractivity contribution in [2.24, 2.45) is 0 Å². The van der Waals surface area contributed by atoms with Crippen LogP contribution in [0.3, 0.4) is 0 Å². The Labute approximate surface area is 406 Å². The fraction of sp³-hybridized carbons (Fsp3) is 0.0606. The molecule has 0 saturated heterocycles. The number of para-hydroxylation sites is 2. The monoisotopic (exact) mass is 900 g/mol. The summed E-state index contributed by atoms with van der Waals surface area (Å²) in [6.07, 6.45) is 0. The Hall–Kier alpha value is -8.86. The average molecular weight is 901 g/mol. The lowest BCUT2D eigenvalue weighted by Crippen LogP contribution is -2.12. The topological polar surface area (TPSA) is 32.8 Å². The van der Waals surface area contributed by atoms with Crippen molar-refractivity contribution < 1.29 is 8.83 Å². The van der Waals surface area contributed by atoms with E-state index in [1.165, 1.54) is 38.9 Å². The number of anilines is 6. The van der Waals surface area contributed by atoms with Crippen LogP contribution in [-0.4, -0.2) is 0 Å². The third-order valence-corrected chi connectivity index (χ3v) is 14.3. The van der Waals surface area contributed by atoms with Gasteiger partial charge in [-0.1, -0.05) is 133 Å². The number of fused-ring (bicyclic) bond motifs is 8. The van der Waals surface area contributed by atoms with E-state index in [2.05, 4.69) is 256 Å². The van der Waals surface area contributed by atoms with Crippen LogP contribution in [0.25, 0.3) is 87.7 Å². The van der Waals surface area contributed by atoms with Gasteiger partial charge in [0.2, 0.25) is 0 Å². The van der Waals surface area contributed by atoms with E-state index in [0.717, 1.165) is 105 Å². The van der Waals surface area contributed by atoms with E-state index >= 15 is 0 Å². The van der Waals surface area contributed by atoms with Gasteiger partial charge in [0, 0.05) is 61.2 Å². The van der Waals surface area contributed by atoms with Crippen molar-refractivity contribution in [3.05, 3.63) is 241 Å². The number of hydrogen-bond donors (Lipinski definition) is 0. The molecule has 2 heterocycles. The van der Waals surface area contributed by atoms with E-state index in [0.29, 0.717) is 0 Å². The van der Waals surface area contributed by atoms with Gasteiger partial charge >= 0.3 is 0 Å². The van der Waals surface area contributed by atoms with Crippen LogP contribution in [0, 0.1) is 27.7 Å². The highest BCUT2D eigenvalue weighted by Crippen LogP contribution is 2.46. The standard InChI is InChI=1S/C66H48N2O2/c1-41-16-11-13-24-60(41)67(53-23-15-22-47(32-53)45-18-7-5-8-19-45)54-30-28-48-35-56-58-40-59-57-36-49-29-31-55(34-52(49)39-64(57)70-66(59)44(4)65(58)69-63(56)38-51(48)33-54)68(61-25-14-12-17-42(61)2)62-37-50(27-26-43(62)3)46-20-9-6-10-21-46/h5-40H,1-4H3. The Bertz CT molecular complexity index is 4180. The van der Waals surface area contributed by atoms with E-state index in [1.54, 1.807) is 0 Å². The quantitative estimate of drug-likeness (QED) is 0.152. The molecule has 0 amide bonds. The summed E-state index contributed by atoms with van der Waals surface area (Å²) in [5, 5.41) is 8.89. The molecule has 0 fully saturated rings. The smallest absolute Gasteiger partial charge is 0.142 e. The first kappa shape index (κ1) is 41.3. The molecule has 0 aliphatic carbocycles. The van der Waals surface area contributed by atoms with Gasteiger partial charge in [0.05, 0.1) is 0 Å². The molecule has 2 aromatic heterocycles. The van der Waals surface area contributed by atoms with Gasteiger partial charge in [-0.05, 0) is 173 Å². The molecule has 0 saturated carbocycles. The molecular formula is C66H48N2O2. The molecule has 0 bridgehead atoms. The van der Waals surface area contributed by atoms with Gasteiger partial charge in [0.15, 0.2) is 0 Å². The Balaban J connectivity index is 0.909. The van der Waals surface area contributed by atoms with Crippen LogP contribution in [0.5, 0.6) is 0 Å². The normalized spacial score (nSPS) is 11.7. The maximum absolute atomic E-state index is 6.84. The van der Waals surface area contributed by atoms with Gasteiger partial charge in [-0.15, -0.1) is 0 Å². The van der Waals surface area contributed by atoms with Crippen molar-refractivity contribution in [1.82, 2.24) is 0 Å². The summed E-state index contributed by atoms with van der Waals surface area (Å²) in [6, 6.07) is 78.9. The Morgan fingerprint density at radius 2 is 0.757 bits per heavy atom. The third kappa shape index (κ3) is 6.91. The number of nitrogens with zero attached hydrogens (tertiary/aromatic N) is 2. The van der Waals surface area contributed by atoms with E-state index in [4.69, 9.17) is 8.83 Å². The highest BCUT2D eigenvalue weighted by molar-refractivity contribution is 6.20. The minimum Gasteiger partial charge on any atom is -0.456 e. The van der Waals surface area contributed by atoms with E-state index in [-0.39, 0.29) is 0 Å². The molecule has 0 unspecified atom stereocenters. The second-order valence-electron chi connectivity index (χ2n) is 18.7. The molecule has 4 nitrogen and oxygen atoms in total. The van der Waals surface area contributed by atoms with Crippen LogP contribution in [0.15, 0.2) is 227 Å². The minimum atomic E-state index is 0.852. The molecule has 334 valence electrons. The molecule has 0 spiro atoms. The Kier molecular flexibility index (Phi) is 9.70. The van der Waals surface area contributed by atoms with E-state index < -0.39 is 0 Å². The van der Waals surface area contributed by atoms with Crippen LogP contribution < -0.4 is 9.80 Å². The van der Waals surface area contributed by atoms with Crippen LogP contribution in [0.1, 0.15) is 22.3 Å².